The molecule has 120 valence electrons. The van der Waals surface area contributed by atoms with Crippen LogP contribution in [-0.2, 0) is 10.3 Å². The number of allylic oxidation sites excluding steroid dienone is 2. The van der Waals surface area contributed by atoms with Gasteiger partial charge in [-0.25, -0.2) is 0 Å². The molecule has 0 aliphatic carbocycles. The number of nitriles is 3. The fraction of sp³-hybridized carbons (Fsp3) is 0.316. The van der Waals surface area contributed by atoms with Crippen LogP contribution < -0.4 is 0 Å². The summed E-state index contributed by atoms with van der Waals surface area (Å²) in [6.07, 6.45) is 0. The van der Waals surface area contributed by atoms with Crippen molar-refractivity contribution in [3.8, 4) is 18.2 Å². The average Bonchev–Trinajstić information content (AvgIpc) is 2.85. The maximum atomic E-state index is 9.61. The Labute approximate surface area is 146 Å². The van der Waals surface area contributed by atoms with Crippen molar-refractivity contribution >= 4 is 11.6 Å². The summed E-state index contributed by atoms with van der Waals surface area (Å²) in [4.78, 5) is 0. The second-order valence-corrected chi connectivity index (χ2v) is 6.49. The lowest BCUT2D eigenvalue weighted by molar-refractivity contribution is 0.0661. The molecule has 1 unspecified atom stereocenters. The predicted octanol–water partition coefficient (Wildman–Crippen LogP) is 4.67. The molecule has 0 fully saturated rings. The van der Waals surface area contributed by atoms with Gasteiger partial charge in [0.1, 0.15) is 18.2 Å². The minimum Gasteiger partial charge on any atom is -0.475 e. The first-order valence-corrected chi connectivity index (χ1v) is 7.83. The molecule has 24 heavy (non-hydrogen) atoms. The van der Waals surface area contributed by atoms with Gasteiger partial charge < -0.3 is 4.74 Å². The van der Waals surface area contributed by atoms with E-state index in [9.17, 15) is 15.8 Å². The van der Waals surface area contributed by atoms with Crippen molar-refractivity contribution in [3.05, 3.63) is 56.8 Å². The number of nitrogens with zero attached hydrogens (tertiary/aromatic N) is 3. The third-order valence-corrected chi connectivity index (χ3v) is 4.59. The van der Waals surface area contributed by atoms with Crippen LogP contribution in [0.1, 0.15) is 31.9 Å². The topological polar surface area (TPSA) is 80.6 Å². The van der Waals surface area contributed by atoms with Gasteiger partial charge in [-0.2, -0.15) is 15.8 Å². The molecule has 1 aromatic rings. The highest BCUT2D eigenvalue weighted by atomic mass is 35.5. The Hall–Kier alpha value is -2.74. The highest BCUT2D eigenvalue weighted by molar-refractivity contribution is 6.31. The van der Waals surface area contributed by atoms with E-state index in [1.54, 1.807) is 6.07 Å². The van der Waals surface area contributed by atoms with E-state index >= 15 is 0 Å². The third-order valence-electron chi connectivity index (χ3n) is 4.18. The molecule has 4 nitrogen and oxygen atoms in total. The summed E-state index contributed by atoms with van der Waals surface area (Å²) in [5, 5.41) is 28.6. The summed E-state index contributed by atoms with van der Waals surface area (Å²) in [7, 11) is 0. The lowest BCUT2D eigenvalue weighted by Crippen LogP contribution is -2.26. The van der Waals surface area contributed by atoms with Gasteiger partial charge in [0.25, 0.3) is 0 Å². The van der Waals surface area contributed by atoms with Gasteiger partial charge in [0.05, 0.1) is 5.57 Å². The van der Waals surface area contributed by atoms with Gasteiger partial charge in [-0.1, -0.05) is 37.6 Å². The van der Waals surface area contributed by atoms with Gasteiger partial charge in [-0.05, 0) is 31.4 Å². The van der Waals surface area contributed by atoms with Crippen LogP contribution in [0.5, 0.6) is 0 Å². The Bertz CT molecular complexity index is 875. The zero-order chi connectivity index (χ0) is 18.1. The fourth-order valence-electron chi connectivity index (χ4n) is 3.03. The van der Waals surface area contributed by atoms with Crippen molar-refractivity contribution in [1.29, 1.82) is 15.8 Å². The van der Waals surface area contributed by atoms with E-state index in [4.69, 9.17) is 16.3 Å². The van der Waals surface area contributed by atoms with Gasteiger partial charge in [0, 0.05) is 16.2 Å². The standard InChI is InChI=1S/C19H16ClN3O/c1-11(2)17-15(10-23)18(13(8-21)9-22)24-19(17,4)14-6-5-12(3)16(20)7-14/h5-7,11H,1-4H3. The van der Waals surface area contributed by atoms with E-state index in [0.29, 0.717) is 5.02 Å². The molecule has 0 saturated heterocycles. The van der Waals surface area contributed by atoms with E-state index in [1.807, 2.05) is 52.0 Å². The Morgan fingerprint density at radius 3 is 2.29 bits per heavy atom. The van der Waals surface area contributed by atoms with Gasteiger partial charge in [-0.3, -0.25) is 0 Å². The minimum atomic E-state index is -0.954. The summed E-state index contributed by atoms with van der Waals surface area (Å²) < 4.78 is 6.03. The molecule has 1 aliphatic heterocycles. The number of ether oxygens (including phenoxy) is 1. The van der Waals surface area contributed by atoms with E-state index in [1.165, 1.54) is 0 Å². The maximum absolute atomic E-state index is 9.61. The monoisotopic (exact) mass is 337 g/mol. The van der Waals surface area contributed by atoms with Gasteiger partial charge >= 0.3 is 0 Å². The number of halogens is 1. The van der Waals surface area contributed by atoms with Gasteiger partial charge in [0.15, 0.2) is 16.9 Å². The Balaban J connectivity index is 2.81. The Kier molecular flexibility index (Phi) is 4.70. The molecule has 1 heterocycles. The molecule has 0 saturated carbocycles. The van der Waals surface area contributed by atoms with Crippen molar-refractivity contribution in [2.75, 3.05) is 0 Å². The smallest absolute Gasteiger partial charge is 0.172 e. The molecule has 0 bridgehead atoms. The summed E-state index contributed by atoms with van der Waals surface area (Å²) in [6, 6.07) is 11.3. The first-order valence-electron chi connectivity index (χ1n) is 7.45. The zero-order valence-electron chi connectivity index (χ0n) is 13.9. The number of rotatable bonds is 2. The highest BCUT2D eigenvalue weighted by Gasteiger charge is 2.46. The number of benzene rings is 1. The van der Waals surface area contributed by atoms with E-state index < -0.39 is 5.60 Å². The molecule has 0 radical (unpaired) electrons. The van der Waals surface area contributed by atoms with Crippen molar-refractivity contribution < 1.29 is 4.74 Å². The quantitative estimate of drug-likeness (QED) is 0.734. The third kappa shape index (κ3) is 2.65. The van der Waals surface area contributed by atoms with Crippen molar-refractivity contribution in [2.45, 2.75) is 33.3 Å². The number of hydrogen-bond donors (Lipinski definition) is 0. The van der Waals surface area contributed by atoms with Crippen LogP contribution in [0.2, 0.25) is 5.02 Å². The predicted molar refractivity (Wildman–Crippen MR) is 90.4 cm³/mol. The van der Waals surface area contributed by atoms with E-state index in [0.717, 1.165) is 16.7 Å². The van der Waals surface area contributed by atoms with Crippen LogP contribution >= 0.6 is 11.6 Å². The van der Waals surface area contributed by atoms with Gasteiger partial charge in [-0.15, -0.1) is 0 Å². The number of aryl methyl sites for hydroxylation is 1. The first kappa shape index (κ1) is 17.6. The van der Waals surface area contributed by atoms with Crippen LogP contribution in [0, 0.1) is 46.8 Å². The summed E-state index contributed by atoms with van der Waals surface area (Å²) in [5.41, 5.74) is 1.55. The molecular formula is C19H16ClN3O. The first-order chi connectivity index (χ1) is 11.3. The van der Waals surface area contributed by atoms with Crippen molar-refractivity contribution in [2.24, 2.45) is 5.92 Å². The average molecular weight is 338 g/mol. The second-order valence-electron chi connectivity index (χ2n) is 6.08. The molecule has 0 amide bonds. The second kappa shape index (κ2) is 6.40. The molecule has 2 rings (SSSR count). The Morgan fingerprint density at radius 1 is 1.21 bits per heavy atom. The van der Waals surface area contributed by atoms with Crippen molar-refractivity contribution in [1.82, 2.24) is 0 Å². The zero-order valence-corrected chi connectivity index (χ0v) is 14.7. The molecule has 0 aromatic heterocycles. The fourth-order valence-corrected chi connectivity index (χ4v) is 3.21. The van der Waals surface area contributed by atoms with Gasteiger partial charge in [0.2, 0.25) is 0 Å². The molecule has 0 spiro atoms. The summed E-state index contributed by atoms with van der Waals surface area (Å²) in [5.74, 6) is 0.0336. The molecule has 1 atom stereocenters. The lowest BCUT2D eigenvalue weighted by atomic mass is 9.80. The molecule has 5 heteroatoms. The minimum absolute atomic E-state index is 0.0131. The summed E-state index contributed by atoms with van der Waals surface area (Å²) >= 11 is 6.25. The molecule has 1 aliphatic rings. The van der Waals surface area contributed by atoms with Crippen molar-refractivity contribution in [3.63, 3.8) is 0 Å². The molecule has 0 N–H and O–H groups in total. The normalized spacial score (nSPS) is 19.5. The van der Waals surface area contributed by atoms with E-state index in [-0.39, 0.29) is 22.8 Å². The van der Waals surface area contributed by atoms with Crippen LogP contribution in [0.15, 0.2) is 40.7 Å². The van der Waals surface area contributed by atoms with Crippen LogP contribution in [0.25, 0.3) is 0 Å². The van der Waals surface area contributed by atoms with Crippen LogP contribution in [-0.4, -0.2) is 0 Å². The largest absolute Gasteiger partial charge is 0.475 e. The maximum Gasteiger partial charge on any atom is 0.172 e. The van der Waals surface area contributed by atoms with E-state index in [2.05, 4.69) is 6.07 Å². The van der Waals surface area contributed by atoms with Crippen LogP contribution in [0.4, 0.5) is 0 Å². The van der Waals surface area contributed by atoms with Crippen LogP contribution in [0.3, 0.4) is 0 Å². The highest BCUT2D eigenvalue weighted by Crippen LogP contribution is 2.49. The Morgan fingerprint density at radius 2 is 1.83 bits per heavy atom. The SMILES string of the molecule is Cc1ccc(C2(C)OC(=C(C#N)C#N)C(C#N)=C2C(C)C)cc1Cl. The summed E-state index contributed by atoms with van der Waals surface area (Å²) in [6.45, 7) is 7.63. The molecular weight excluding hydrogens is 322 g/mol. The number of hydrogen-bond acceptors (Lipinski definition) is 4. The lowest BCUT2D eigenvalue weighted by Gasteiger charge is -2.30. The molecule has 1 aromatic carbocycles.